The molecule has 5 aromatic rings. The number of hydrogen-bond acceptors (Lipinski definition) is 9. The fourth-order valence-corrected chi connectivity index (χ4v) is 8.49. The van der Waals surface area contributed by atoms with Crippen LogP contribution in [-0.4, -0.2) is 93.3 Å². The van der Waals surface area contributed by atoms with E-state index < -0.39 is 24.0 Å². The van der Waals surface area contributed by atoms with Crippen LogP contribution in [0.4, 0.5) is 0 Å². The van der Waals surface area contributed by atoms with E-state index in [9.17, 15) is 19.2 Å². The summed E-state index contributed by atoms with van der Waals surface area (Å²) < 4.78 is 14.8. The number of carbonyl (C=O) groups excluding carboxylic acids is 4. The second kappa shape index (κ2) is 18.0. The topological polar surface area (TPSA) is 148 Å². The summed E-state index contributed by atoms with van der Waals surface area (Å²) in [5, 5.41) is 17.6. The number of para-hydroxylation sites is 1. The van der Waals surface area contributed by atoms with Crippen molar-refractivity contribution >= 4 is 45.1 Å². The van der Waals surface area contributed by atoms with E-state index in [2.05, 4.69) is 20.9 Å². The van der Waals surface area contributed by atoms with E-state index in [1.54, 1.807) is 58.4 Å². The third kappa shape index (κ3) is 9.45. The van der Waals surface area contributed by atoms with Crippen LogP contribution in [-0.2, 0) is 40.4 Å². The van der Waals surface area contributed by atoms with E-state index in [1.165, 1.54) is 4.90 Å². The normalized spacial score (nSPS) is 20.4. The molecule has 3 aliphatic heterocycles. The number of likely N-dealkylation sites (N-methyl/N-ethyl adjacent to an activating group) is 1. The first-order valence-electron chi connectivity index (χ1n) is 19.6. The number of nitrogens with one attached hydrogen (secondary N) is 2. The van der Waals surface area contributed by atoms with Crippen molar-refractivity contribution in [2.75, 3.05) is 26.7 Å². The maximum absolute atomic E-state index is 14.5. The molecule has 0 spiro atoms. The molecule has 0 aliphatic carbocycles. The average Bonchev–Trinajstić information content (AvgIpc) is 3.99. The third-order valence-corrected chi connectivity index (χ3v) is 11.6. The Balaban J connectivity index is 1.18. The molecule has 1 saturated heterocycles. The molecule has 13 nitrogen and oxygen atoms in total. The Bertz CT molecular complexity index is 2200. The van der Waals surface area contributed by atoms with Crippen molar-refractivity contribution in [1.82, 2.24) is 35.4 Å². The Kier molecular flexibility index (Phi) is 12.5. The van der Waals surface area contributed by atoms with Crippen molar-refractivity contribution in [2.45, 2.75) is 77.2 Å². The molecule has 57 heavy (non-hydrogen) atoms. The van der Waals surface area contributed by atoms with Gasteiger partial charge in [0.05, 0.1) is 18.3 Å². The van der Waals surface area contributed by atoms with Gasteiger partial charge in [-0.25, -0.2) is 4.68 Å². The number of fused-ring (bicyclic) bond motifs is 15. The number of carbonyl (C=O) groups is 4. The van der Waals surface area contributed by atoms with Crippen molar-refractivity contribution in [1.29, 1.82) is 0 Å². The van der Waals surface area contributed by atoms with E-state index in [1.807, 2.05) is 67.8 Å². The molecule has 298 valence electrons. The van der Waals surface area contributed by atoms with Gasteiger partial charge in [0.15, 0.2) is 0 Å². The van der Waals surface area contributed by atoms with Crippen LogP contribution in [0.2, 0.25) is 0 Å². The minimum Gasteiger partial charge on any atom is -0.492 e. The van der Waals surface area contributed by atoms with E-state index in [0.29, 0.717) is 75.5 Å². The van der Waals surface area contributed by atoms with Gasteiger partial charge in [-0.05, 0) is 83.8 Å². The minimum absolute atomic E-state index is 0.0641. The summed E-state index contributed by atoms with van der Waals surface area (Å²) in [5.41, 5.74) is 2.85. The zero-order chi connectivity index (χ0) is 39.9. The highest BCUT2D eigenvalue weighted by atomic mass is 32.1. The maximum atomic E-state index is 14.5. The van der Waals surface area contributed by atoms with Gasteiger partial charge < -0.3 is 29.9 Å². The van der Waals surface area contributed by atoms with Crippen molar-refractivity contribution in [3.63, 3.8) is 0 Å². The van der Waals surface area contributed by atoms with Crippen molar-refractivity contribution in [3.8, 4) is 11.5 Å². The molecular formula is C43H49N7O6S. The molecule has 4 amide bonds. The van der Waals surface area contributed by atoms with Gasteiger partial charge in [-0.15, -0.1) is 16.4 Å². The number of nitrogens with zero attached hydrogens (tertiary/aromatic N) is 5. The van der Waals surface area contributed by atoms with Crippen LogP contribution >= 0.6 is 11.3 Å². The first-order chi connectivity index (χ1) is 27.6. The second-order valence-electron chi connectivity index (χ2n) is 15.1. The Morgan fingerprint density at radius 3 is 2.54 bits per heavy atom. The van der Waals surface area contributed by atoms with Gasteiger partial charge in [0, 0.05) is 31.3 Å². The third-order valence-electron chi connectivity index (χ3n) is 10.5. The molecule has 3 atom stereocenters. The lowest BCUT2D eigenvalue weighted by Gasteiger charge is -2.34. The molecule has 14 heteroatoms. The number of benzene rings is 3. The Morgan fingerprint density at radius 1 is 0.930 bits per heavy atom. The fourth-order valence-electron chi connectivity index (χ4n) is 7.51. The molecule has 0 saturated carbocycles. The summed E-state index contributed by atoms with van der Waals surface area (Å²) in [4.78, 5) is 60.1. The maximum Gasteiger partial charge on any atom is 0.255 e. The quantitative estimate of drug-likeness (QED) is 0.258. The summed E-state index contributed by atoms with van der Waals surface area (Å²) in [5.74, 6) is -0.257. The fraction of sp³-hybridized carbons (Fsp3) is 0.395. The first kappa shape index (κ1) is 39.5. The largest absolute Gasteiger partial charge is 0.492 e. The Morgan fingerprint density at radius 2 is 1.72 bits per heavy atom. The molecular weight excluding hydrogens is 743 g/mol. The lowest BCUT2D eigenvalue weighted by Crippen LogP contribution is -2.57. The van der Waals surface area contributed by atoms with E-state index in [4.69, 9.17) is 9.47 Å². The Labute approximate surface area is 336 Å². The van der Waals surface area contributed by atoms with Crippen LogP contribution in [0.15, 0.2) is 84.4 Å². The predicted octanol–water partition coefficient (Wildman–Crippen LogP) is 5.03. The highest BCUT2D eigenvalue weighted by Gasteiger charge is 2.41. The summed E-state index contributed by atoms with van der Waals surface area (Å²) >= 11 is 1.61. The van der Waals surface area contributed by atoms with Gasteiger partial charge >= 0.3 is 0 Å². The van der Waals surface area contributed by atoms with Gasteiger partial charge in [0.2, 0.25) is 17.7 Å². The molecule has 3 aliphatic rings. The number of amides is 4. The number of rotatable bonds is 4. The number of ether oxygens (including phenoxy) is 2. The van der Waals surface area contributed by atoms with Crippen LogP contribution in [0, 0.1) is 5.92 Å². The molecule has 3 aromatic carbocycles. The smallest absolute Gasteiger partial charge is 0.255 e. The van der Waals surface area contributed by atoms with Crippen molar-refractivity contribution < 1.29 is 28.7 Å². The van der Waals surface area contributed by atoms with Crippen molar-refractivity contribution in [2.24, 2.45) is 5.92 Å². The SMILES string of the molecule is CC(C)C[C@H]1NC(=O)c2ccccc2OCc2cn(nn2)CCOc2ccc(cc2)CCNC(=O)[C@H](Cc2csc3ccccc23)N(C)C(=O)[C@H]2CCCN2C1=O. The van der Waals surface area contributed by atoms with E-state index in [0.717, 1.165) is 21.2 Å². The summed E-state index contributed by atoms with van der Waals surface area (Å²) in [6, 6.07) is 20.1. The summed E-state index contributed by atoms with van der Waals surface area (Å²) in [6.07, 6.45) is 4.11. The number of aromatic nitrogens is 3. The highest BCUT2D eigenvalue weighted by molar-refractivity contribution is 7.17. The lowest BCUT2D eigenvalue weighted by molar-refractivity contribution is -0.147. The number of thiophene rings is 1. The van der Waals surface area contributed by atoms with Gasteiger partial charge in [-0.3, -0.25) is 19.2 Å². The van der Waals surface area contributed by atoms with Crippen LogP contribution in [0.1, 0.15) is 60.3 Å². The molecule has 5 heterocycles. The van der Waals surface area contributed by atoms with E-state index in [-0.39, 0.29) is 35.8 Å². The molecule has 8 rings (SSSR count). The van der Waals surface area contributed by atoms with Crippen LogP contribution in [0.5, 0.6) is 11.5 Å². The van der Waals surface area contributed by atoms with Gasteiger partial charge in [-0.1, -0.05) is 61.5 Å². The molecule has 2 aromatic heterocycles. The monoisotopic (exact) mass is 791 g/mol. The molecule has 0 unspecified atom stereocenters. The molecule has 4 bridgehead atoms. The van der Waals surface area contributed by atoms with Crippen molar-refractivity contribution in [3.05, 3.63) is 107 Å². The minimum atomic E-state index is -0.890. The van der Waals surface area contributed by atoms with Gasteiger partial charge in [-0.2, -0.15) is 0 Å². The molecule has 1 fully saturated rings. The zero-order valence-electron chi connectivity index (χ0n) is 32.6. The summed E-state index contributed by atoms with van der Waals surface area (Å²) in [6.45, 7) is 5.61. The van der Waals surface area contributed by atoms with Crippen LogP contribution in [0.25, 0.3) is 10.1 Å². The molecule has 2 N–H and O–H groups in total. The zero-order valence-corrected chi connectivity index (χ0v) is 33.4. The van der Waals surface area contributed by atoms with E-state index >= 15 is 0 Å². The Hall–Kier alpha value is -5.76. The number of hydrogen-bond donors (Lipinski definition) is 2. The predicted molar refractivity (Wildman–Crippen MR) is 217 cm³/mol. The standard InChI is InChI=1S/C43H49N7O6S/c1-28(2)23-35-42(53)50-20-8-11-36(50)43(54)48(3)37(24-30-27-57-39-13-7-5-9-33(30)39)41(52)44-19-18-29-14-16-32(17-15-29)55-22-21-49-25-31(46-47-49)26-56-38-12-6-4-10-34(38)40(51)45-35/h4-7,9-10,12-17,25,27-28,35-37H,8,11,18-24,26H2,1-3H3,(H,44,52)(H,45,51)/t35-,36-,37+/m1/s1. The van der Waals surface area contributed by atoms with Gasteiger partial charge in [0.25, 0.3) is 5.91 Å². The average molecular weight is 792 g/mol. The first-order valence-corrected chi connectivity index (χ1v) is 20.5. The van der Waals surface area contributed by atoms with Crippen LogP contribution in [0.3, 0.4) is 0 Å². The molecule has 0 radical (unpaired) electrons. The second-order valence-corrected chi connectivity index (χ2v) is 16.0. The lowest BCUT2D eigenvalue weighted by atomic mass is 10.0. The van der Waals surface area contributed by atoms with Crippen LogP contribution < -0.4 is 20.1 Å². The summed E-state index contributed by atoms with van der Waals surface area (Å²) in [7, 11) is 1.66. The van der Waals surface area contributed by atoms with Gasteiger partial charge in [0.1, 0.15) is 48.5 Å². The highest BCUT2D eigenvalue weighted by Crippen LogP contribution is 2.29.